The minimum absolute atomic E-state index is 0.251. The molecule has 0 aliphatic heterocycles. The maximum atomic E-state index is 12.3. The first kappa shape index (κ1) is 21.7. The molecule has 1 amide bonds. The zero-order valence-corrected chi connectivity index (χ0v) is 17.3. The van der Waals surface area contributed by atoms with Gasteiger partial charge in [-0.1, -0.05) is 23.4 Å². The quantitative estimate of drug-likeness (QED) is 0.359. The van der Waals surface area contributed by atoms with E-state index < -0.39 is 6.29 Å². The second-order valence-corrected chi connectivity index (χ2v) is 6.46. The van der Waals surface area contributed by atoms with Crippen molar-refractivity contribution in [3.05, 3.63) is 48.4 Å². The Bertz CT molecular complexity index is 935. The summed E-state index contributed by atoms with van der Waals surface area (Å²) in [5.41, 5.74) is 1.08. The number of carbonyl (C=O) groups is 1. The molecular weight excluding hydrogens is 386 g/mol. The van der Waals surface area contributed by atoms with Crippen molar-refractivity contribution in [3.8, 4) is 5.75 Å². The first-order valence-corrected chi connectivity index (χ1v) is 10.1. The van der Waals surface area contributed by atoms with Gasteiger partial charge in [0.15, 0.2) is 12.0 Å². The van der Waals surface area contributed by atoms with Gasteiger partial charge in [0.25, 0.3) is 5.91 Å². The number of rotatable bonds is 12. The molecule has 0 aliphatic carbocycles. The van der Waals surface area contributed by atoms with Gasteiger partial charge in [0.1, 0.15) is 11.3 Å². The van der Waals surface area contributed by atoms with Crippen LogP contribution in [-0.4, -0.2) is 58.5 Å². The van der Waals surface area contributed by atoms with Gasteiger partial charge in [-0.3, -0.25) is 9.78 Å². The highest BCUT2D eigenvalue weighted by Gasteiger charge is 2.14. The Morgan fingerprint density at radius 2 is 1.97 bits per heavy atom. The van der Waals surface area contributed by atoms with Crippen molar-refractivity contribution >= 4 is 16.8 Å². The molecule has 30 heavy (non-hydrogen) atoms. The molecule has 1 N–H and O–H groups in total. The Balaban J connectivity index is 1.42. The summed E-state index contributed by atoms with van der Waals surface area (Å²) in [4.78, 5) is 16.6. The van der Waals surface area contributed by atoms with Crippen LogP contribution in [-0.2, 0) is 16.0 Å². The molecule has 2 heterocycles. The summed E-state index contributed by atoms with van der Waals surface area (Å²) < 4.78 is 18.3. The number of nitrogens with one attached hydrogen (secondary N) is 1. The number of pyridine rings is 1. The number of hydrogen-bond acceptors (Lipinski definition) is 7. The summed E-state index contributed by atoms with van der Waals surface area (Å²) in [6, 6.07) is 9.71. The minimum Gasteiger partial charge on any atom is -0.491 e. The molecule has 9 heteroatoms. The Labute approximate surface area is 175 Å². The van der Waals surface area contributed by atoms with Gasteiger partial charge in [-0.15, -0.1) is 5.10 Å². The molecule has 3 aromatic rings. The maximum absolute atomic E-state index is 12.3. The van der Waals surface area contributed by atoms with E-state index in [1.165, 1.54) is 0 Å². The third-order valence-electron chi connectivity index (χ3n) is 4.27. The van der Waals surface area contributed by atoms with Crippen LogP contribution >= 0.6 is 0 Å². The van der Waals surface area contributed by atoms with E-state index in [1.807, 2.05) is 44.2 Å². The van der Waals surface area contributed by atoms with Crippen molar-refractivity contribution in [2.24, 2.45) is 0 Å². The second kappa shape index (κ2) is 11.2. The number of carbonyl (C=O) groups excluding carboxylic acids is 1. The van der Waals surface area contributed by atoms with Gasteiger partial charge in [0.2, 0.25) is 0 Å². The van der Waals surface area contributed by atoms with E-state index in [9.17, 15) is 4.79 Å². The predicted octanol–water partition coefficient (Wildman–Crippen LogP) is 2.42. The van der Waals surface area contributed by atoms with Crippen LogP contribution < -0.4 is 10.1 Å². The van der Waals surface area contributed by atoms with Gasteiger partial charge >= 0.3 is 0 Å². The lowest BCUT2D eigenvalue weighted by atomic mass is 10.2. The Morgan fingerprint density at radius 1 is 1.17 bits per heavy atom. The van der Waals surface area contributed by atoms with E-state index in [0.29, 0.717) is 39.3 Å². The zero-order valence-electron chi connectivity index (χ0n) is 17.3. The third kappa shape index (κ3) is 5.98. The Kier molecular flexibility index (Phi) is 8.10. The largest absolute Gasteiger partial charge is 0.491 e. The molecule has 3 rings (SSSR count). The van der Waals surface area contributed by atoms with Gasteiger partial charge in [0, 0.05) is 31.3 Å². The lowest BCUT2D eigenvalue weighted by Crippen LogP contribution is -2.26. The molecule has 0 atom stereocenters. The van der Waals surface area contributed by atoms with Crippen molar-refractivity contribution in [2.45, 2.75) is 33.1 Å². The van der Waals surface area contributed by atoms with Gasteiger partial charge in [-0.2, -0.15) is 0 Å². The van der Waals surface area contributed by atoms with Crippen LogP contribution in [0.2, 0.25) is 0 Å². The van der Waals surface area contributed by atoms with Crippen molar-refractivity contribution in [1.29, 1.82) is 0 Å². The fourth-order valence-electron chi connectivity index (χ4n) is 2.91. The Morgan fingerprint density at radius 3 is 2.77 bits per heavy atom. The van der Waals surface area contributed by atoms with Crippen LogP contribution in [0.3, 0.4) is 0 Å². The molecule has 0 unspecified atom stereocenters. The van der Waals surface area contributed by atoms with E-state index >= 15 is 0 Å². The molecule has 2 aromatic heterocycles. The molecule has 0 radical (unpaired) electrons. The van der Waals surface area contributed by atoms with E-state index in [-0.39, 0.29) is 11.6 Å². The van der Waals surface area contributed by atoms with E-state index in [0.717, 1.165) is 16.7 Å². The highest BCUT2D eigenvalue weighted by molar-refractivity contribution is 5.91. The van der Waals surface area contributed by atoms with Crippen LogP contribution in [0.1, 0.15) is 30.8 Å². The topological polar surface area (TPSA) is 100 Å². The van der Waals surface area contributed by atoms with Crippen LogP contribution in [0.25, 0.3) is 10.9 Å². The summed E-state index contributed by atoms with van der Waals surface area (Å²) in [6.07, 6.45) is 3.56. The molecule has 0 saturated carbocycles. The van der Waals surface area contributed by atoms with Crippen molar-refractivity contribution in [3.63, 3.8) is 0 Å². The number of para-hydroxylation sites is 1. The lowest BCUT2D eigenvalue weighted by molar-refractivity contribution is -0.145. The van der Waals surface area contributed by atoms with Gasteiger partial charge in [0.05, 0.1) is 19.3 Å². The van der Waals surface area contributed by atoms with E-state index in [1.54, 1.807) is 17.1 Å². The molecule has 0 spiro atoms. The number of benzene rings is 1. The highest BCUT2D eigenvalue weighted by atomic mass is 16.7. The zero-order chi connectivity index (χ0) is 21.2. The first-order chi connectivity index (χ1) is 14.7. The molecule has 0 bridgehead atoms. The van der Waals surface area contributed by atoms with Gasteiger partial charge in [-0.05, 0) is 32.4 Å². The first-order valence-electron chi connectivity index (χ1n) is 10.1. The maximum Gasteiger partial charge on any atom is 0.273 e. The van der Waals surface area contributed by atoms with E-state index in [4.69, 9.17) is 14.2 Å². The number of amides is 1. The number of ether oxygens (including phenoxy) is 3. The molecule has 0 aliphatic rings. The van der Waals surface area contributed by atoms with Crippen molar-refractivity contribution < 1.29 is 19.0 Å². The van der Waals surface area contributed by atoms with Gasteiger partial charge in [-0.25, -0.2) is 4.68 Å². The number of nitrogens with zero attached hydrogens (tertiary/aromatic N) is 4. The summed E-state index contributed by atoms with van der Waals surface area (Å²) >= 11 is 0. The Hall–Kier alpha value is -3.04. The summed E-state index contributed by atoms with van der Waals surface area (Å²) in [5, 5.41) is 11.7. The smallest absolute Gasteiger partial charge is 0.273 e. The predicted molar refractivity (Wildman–Crippen MR) is 111 cm³/mol. The average Bonchev–Trinajstić information content (AvgIpc) is 3.22. The SMILES string of the molecule is CCOC(Cn1cc(C(=O)NCCCOc2cccc3cccnc23)nn1)OCC. The molecule has 160 valence electrons. The molecular formula is C21H27N5O4. The number of hydrogen-bond donors (Lipinski definition) is 1. The van der Waals surface area contributed by atoms with Crippen LogP contribution in [0.4, 0.5) is 0 Å². The fourth-order valence-corrected chi connectivity index (χ4v) is 2.91. The highest BCUT2D eigenvalue weighted by Crippen LogP contribution is 2.22. The molecule has 1 aromatic carbocycles. The lowest BCUT2D eigenvalue weighted by Gasteiger charge is -2.16. The fraction of sp³-hybridized carbons (Fsp3) is 0.429. The van der Waals surface area contributed by atoms with Crippen molar-refractivity contribution in [2.75, 3.05) is 26.4 Å². The molecule has 0 fully saturated rings. The average molecular weight is 413 g/mol. The van der Waals surface area contributed by atoms with Crippen LogP contribution in [0, 0.1) is 0 Å². The van der Waals surface area contributed by atoms with E-state index in [2.05, 4.69) is 20.6 Å². The standard InChI is InChI=1S/C21H27N5O4/c1-3-28-19(29-4-2)15-26-14-17(24-25-26)21(27)23-12-7-13-30-18-10-5-8-16-9-6-11-22-20(16)18/h5-6,8-11,14,19H,3-4,7,12-13,15H2,1-2H3,(H,23,27). The summed E-state index contributed by atoms with van der Waals surface area (Å²) in [7, 11) is 0. The molecule has 9 nitrogen and oxygen atoms in total. The minimum atomic E-state index is -0.418. The van der Waals surface area contributed by atoms with Gasteiger partial charge < -0.3 is 19.5 Å². The monoisotopic (exact) mass is 413 g/mol. The molecule has 0 saturated heterocycles. The van der Waals surface area contributed by atoms with Crippen LogP contribution in [0.15, 0.2) is 42.7 Å². The third-order valence-corrected chi connectivity index (χ3v) is 4.27. The van der Waals surface area contributed by atoms with Crippen LogP contribution in [0.5, 0.6) is 5.75 Å². The number of aromatic nitrogens is 4. The second-order valence-electron chi connectivity index (χ2n) is 6.46. The number of fused-ring (bicyclic) bond motifs is 1. The summed E-state index contributed by atoms with van der Waals surface area (Å²) in [6.45, 7) is 6.15. The summed E-state index contributed by atoms with van der Waals surface area (Å²) in [5.74, 6) is 0.456. The van der Waals surface area contributed by atoms with Crippen molar-refractivity contribution in [1.82, 2.24) is 25.3 Å². The normalized spacial score (nSPS) is 11.2.